The Balaban J connectivity index is 1.85. The third-order valence-electron chi connectivity index (χ3n) is 4.06. The first-order valence-electron chi connectivity index (χ1n) is 7.59. The van der Waals surface area contributed by atoms with Crippen LogP contribution in [-0.2, 0) is 6.42 Å². The topological polar surface area (TPSA) is 42.1 Å². The molecule has 0 radical (unpaired) electrons. The minimum Gasteiger partial charge on any atom is -0.375 e. The highest BCUT2D eigenvalue weighted by Crippen LogP contribution is 2.24. The summed E-state index contributed by atoms with van der Waals surface area (Å²) in [5.74, 6) is 0.791. The summed E-state index contributed by atoms with van der Waals surface area (Å²) in [7, 11) is 0. The van der Waals surface area contributed by atoms with Crippen molar-refractivity contribution in [1.82, 2.24) is 9.88 Å². The second-order valence-corrected chi connectivity index (χ2v) is 6.97. The normalized spacial score (nSPS) is 16.8. The molecule has 3 nitrogen and oxygen atoms in total. The number of rotatable bonds is 7. The van der Waals surface area contributed by atoms with Crippen LogP contribution in [0.3, 0.4) is 0 Å². The van der Waals surface area contributed by atoms with Crippen molar-refractivity contribution in [2.45, 2.75) is 58.4 Å². The summed E-state index contributed by atoms with van der Waals surface area (Å²) in [5, 5.41) is 2.80. The maximum Gasteiger partial charge on any atom is 0.180 e. The molecule has 0 spiro atoms. The van der Waals surface area contributed by atoms with E-state index in [1.807, 2.05) is 0 Å². The Bertz CT molecular complexity index is 369. The van der Waals surface area contributed by atoms with Gasteiger partial charge in [0.15, 0.2) is 5.13 Å². The number of aromatic nitrogens is 1. The minimum atomic E-state index is 0.699. The molecule has 0 aliphatic heterocycles. The number of nitrogen functional groups attached to an aromatic ring is 1. The third-order valence-corrected chi connectivity index (χ3v) is 4.78. The first-order valence-corrected chi connectivity index (χ1v) is 8.47. The Labute approximate surface area is 121 Å². The summed E-state index contributed by atoms with van der Waals surface area (Å²) in [6.07, 6.45) is 7.94. The van der Waals surface area contributed by atoms with E-state index < -0.39 is 0 Å². The molecule has 1 heterocycles. The number of thiazole rings is 1. The second kappa shape index (κ2) is 7.25. The molecule has 108 valence electrons. The summed E-state index contributed by atoms with van der Waals surface area (Å²) in [4.78, 5) is 7.07. The fourth-order valence-corrected chi connectivity index (χ4v) is 3.46. The van der Waals surface area contributed by atoms with Crippen LogP contribution in [0.5, 0.6) is 0 Å². The summed E-state index contributed by atoms with van der Waals surface area (Å²) in [6.45, 7) is 7.00. The van der Waals surface area contributed by atoms with Gasteiger partial charge >= 0.3 is 0 Å². The van der Waals surface area contributed by atoms with E-state index in [1.165, 1.54) is 38.6 Å². The Hall–Kier alpha value is -0.610. The fourth-order valence-electron chi connectivity index (χ4n) is 2.87. The van der Waals surface area contributed by atoms with Crippen molar-refractivity contribution in [1.29, 1.82) is 0 Å². The lowest BCUT2D eigenvalue weighted by Crippen LogP contribution is -2.36. The van der Waals surface area contributed by atoms with Crippen molar-refractivity contribution in [3.05, 3.63) is 11.1 Å². The molecule has 1 aromatic rings. The number of hydrogen-bond acceptors (Lipinski definition) is 4. The zero-order chi connectivity index (χ0) is 13.7. The molecule has 1 aliphatic carbocycles. The zero-order valence-electron chi connectivity index (χ0n) is 12.3. The minimum absolute atomic E-state index is 0.699. The maximum absolute atomic E-state index is 5.70. The maximum atomic E-state index is 5.70. The van der Waals surface area contributed by atoms with Crippen LogP contribution in [-0.4, -0.2) is 29.0 Å². The molecular formula is C15H27N3S. The first-order chi connectivity index (χ1) is 9.15. The summed E-state index contributed by atoms with van der Waals surface area (Å²) >= 11 is 1.55. The first kappa shape index (κ1) is 14.8. The average molecular weight is 281 g/mol. The van der Waals surface area contributed by atoms with Crippen LogP contribution >= 0.6 is 11.3 Å². The summed E-state index contributed by atoms with van der Waals surface area (Å²) < 4.78 is 0. The summed E-state index contributed by atoms with van der Waals surface area (Å²) in [6, 6.07) is 0.815. The highest BCUT2D eigenvalue weighted by atomic mass is 32.1. The highest BCUT2D eigenvalue weighted by Gasteiger charge is 2.22. The van der Waals surface area contributed by atoms with Crippen molar-refractivity contribution >= 4 is 16.5 Å². The molecule has 0 saturated heterocycles. The van der Waals surface area contributed by atoms with Gasteiger partial charge in [0.2, 0.25) is 0 Å². The molecule has 0 unspecified atom stereocenters. The van der Waals surface area contributed by atoms with Crippen LogP contribution in [0.15, 0.2) is 5.38 Å². The van der Waals surface area contributed by atoms with Crippen molar-refractivity contribution in [2.75, 3.05) is 18.8 Å². The SMILES string of the molecule is CC(C)CCN(CCc1csc(N)n1)C1CCCC1. The Morgan fingerprint density at radius 3 is 2.68 bits per heavy atom. The molecule has 4 heteroatoms. The van der Waals surface area contributed by atoms with E-state index in [1.54, 1.807) is 11.3 Å². The lowest BCUT2D eigenvalue weighted by molar-refractivity contribution is 0.190. The molecular weight excluding hydrogens is 254 g/mol. The lowest BCUT2D eigenvalue weighted by Gasteiger charge is -2.29. The van der Waals surface area contributed by atoms with Gasteiger partial charge in [-0.25, -0.2) is 4.98 Å². The van der Waals surface area contributed by atoms with Crippen molar-refractivity contribution in [3.8, 4) is 0 Å². The van der Waals surface area contributed by atoms with Crippen molar-refractivity contribution < 1.29 is 0 Å². The van der Waals surface area contributed by atoms with Crippen LogP contribution in [0.1, 0.15) is 51.6 Å². The van der Waals surface area contributed by atoms with E-state index in [-0.39, 0.29) is 0 Å². The predicted octanol–water partition coefficient (Wildman–Crippen LogP) is 3.56. The summed E-state index contributed by atoms with van der Waals surface area (Å²) in [5.41, 5.74) is 6.86. The number of hydrogen-bond donors (Lipinski definition) is 1. The van der Waals surface area contributed by atoms with Gasteiger partial charge in [0, 0.05) is 24.4 Å². The Kier molecular flexibility index (Phi) is 5.64. The van der Waals surface area contributed by atoms with Gasteiger partial charge in [-0.15, -0.1) is 11.3 Å². The molecule has 1 saturated carbocycles. The third kappa shape index (κ3) is 4.77. The van der Waals surface area contributed by atoms with Crippen LogP contribution in [0.2, 0.25) is 0 Å². The van der Waals surface area contributed by atoms with E-state index in [0.717, 1.165) is 30.6 Å². The van der Waals surface area contributed by atoms with E-state index in [4.69, 9.17) is 5.73 Å². The van der Waals surface area contributed by atoms with Gasteiger partial charge < -0.3 is 5.73 Å². The van der Waals surface area contributed by atoms with Crippen molar-refractivity contribution in [2.24, 2.45) is 5.92 Å². The lowest BCUT2D eigenvalue weighted by atomic mass is 10.1. The van der Waals surface area contributed by atoms with Crippen LogP contribution in [0.25, 0.3) is 0 Å². The molecule has 2 N–H and O–H groups in total. The van der Waals surface area contributed by atoms with Crippen molar-refractivity contribution in [3.63, 3.8) is 0 Å². The van der Waals surface area contributed by atoms with Crippen LogP contribution < -0.4 is 5.73 Å². The monoisotopic (exact) mass is 281 g/mol. The average Bonchev–Trinajstić information content (AvgIpc) is 3.00. The molecule has 1 aliphatic rings. The molecule has 1 aromatic heterocycles. The zero-order valence-corrected chi connectivity index (χ0v) is 13.1. The van der Waals surface area contributed by atoms with E-state index in [2.05, 4.69) is 29.1 Å². The molecule has 0 atom stereocenters. The smallest absolute Gasteiger partial charge is 0.180 e. The second-order valence-electron chi connectivity index (χ2n) is 6.08. The van der Waals surface area contributed by atoms with Gasteiger partial charge in [-0.05, 0) is 31.7 Å². The number of nitrogens with two attached hydrogens (primary N) is 1. The molecule has 0 bridgehead atoms. The molecule has 2 rings (SSSR count). The highest BCUT2D eigenvalue weighted by molar-refractivity contribution is 7.13. The number of anilines is 1. The fraction of sp³-hybridized carbons (Fsp3) is 0.800. The standard InChI is InChI=1S/C15H27N3S/c1-12(2)7-9-18(14-5-3-4-6-14)10-8-13-11-19-15(16)17-13/h11-12,14H,3-10H2,1-2H3,(H2,16,17). The van der Waals surface area contributed by atoms with E-state index in [0.29, 0.717) is 5.13 Å². The Morgan fingerprint density at radius 2 is 2.11 bits per heavy atom. The molecule has 19 heavy (non-hydrogen) atoms. The molecule has 0 amide bonds. The largest absolute Gasteiger partial charge is 0.375 e. The quantitative estimate of drug-likeness (QED) is 0.831. The van der Waals surface area contributed by atoms with Gasteiger partial charge in [-0.2, -0.15) is 0 Å². The van der Waals surface area contributed by atoms with E-state index >= 15 is 0 Å². The van der Waals surface area contributed by atoms with Crippen LogP contribution in [0, 0.1) is 5.92 Å². The number of nitrogens with zero attached hydrogens (tertiary/aromatic N) is 2. The Morgan fingerprint density at radius 1 is 1.37 bits per heavy atom. The van der Waals surface area contributed by atoms with Gasteiger partial charge in [-0.3, -0.25) is 4.90 Å². The molecule has 0 aromatic carbocycles. The van der Waals surface area contributed by atoms with Gasteiger partial charge in [0.1, 0.15) is 0 Å². The van der Waals surface area contributed by atoms with Gasteiger partial charge in [-0.1, -0.05) is 26.7 Å². The molecule has 1 fully saturated rings. The van der Waals surface area contributed by atoms with Gasteiger partial charge in [0.25, 0.3) is 0 Å². The predicted molar refractivity (Wildman–Crippen MR) is 83.5 cm³/mol. The van der Waals surface area contributed by atoms with Crippen LogP contribution in [0.4, 0.5) is 5.13 Å². The van der Waals surface area contributed by atoms with E-state index in [9.17, 15) is 0 Å². The van der Waals surface area contributed by atoms with Gasteiger partial charge in [0.05, 0.1) is 5.69 Å².